The number of fused-ring (bicyclic) bond motifs is 6. The van der Waals surface area contributed by atoms with Gasteiger partial charge in [0.15, 0.2) is 17.5 Å². The first-order valence-corrected chi connectivity index (χ1v) is 19.8. The summed E-state index contributed by atoms with van der Waals surface area (Å²) >= 11 is 0. The zero-order valence-corrected chi connectivity index (χ0v) is 32.1. The minimum Gasteiger partial charge on any atom is -0.455 e. The number of nitrogens with zero attached hydrogens (tertiary/aromatic N) is 3. The van der Waals surface area contributed by atoms with Crippen molar-refractivity contribution >= 4 is 21.9 Å². The van der Waals surface area contributed by atoms with Crippen molar-refractivity contribution in [3.05, 3.63) is 199 Å². The molecule has 1 aliphatic carbocycles. The lowest BCUT2D eigenvalue weighted by molar-refractivity contribution is 0.660. The summed E-state index contributed by atoms with van der Waals surface area (Å²) in [4.78, 5) is 14.9. The lowest BCUT2D eigenvalue weighted by atomic mass is 9.80. The van der Waals surface area contributed by atoms with E-state index >= 15 is 0 Å². The van der Waals surface area contributed by atoms with Crippen molar-refractivity contribution in [3.8, 4) is 78.7 Å². The van der Waals surface area contributed by atoms with Crippen LogP contribution in [0.3, 0.4) is 0 Å². The van der Waals surface area contributed by atoms with E-state index in [0.29, 0.717) is 17.5 Å². The molecule has 58 heavy (non-hydrogen) atoms. The molecule has 11 rings (SSSR count). The molecule has 2 heterocycles. The molecule has 0 N–H and O–H groups in total. The molecule has 10 aromatic rings. The molecule has 0 bridgehead atoms. The van der Waals surface area contributed by atoms with E-state index in [2.05, 4.69) is 135 Å². The van der Waals surface area contributed by atoms with Crippen LogP contribution in [0.5, 0.6) is 0 Å². The summed E-state index contributed by atoms with van der Waals surface area (Å²) in [5, 5.41) is 2.25. The second-order valence-electron chi connectivity index (χ2n) is 15.6. The standard InChI is InChI=1S/C54H37N3O/c1-54(2)47-28-11-9-24-40(47)46-32-45(43-27-15-26-42-41-25-10-12-29-49(41)58-50(42)43)44(33-48(46)54)38-22-13-20-36(30-38)37-21-14-23-39(31-37)53-56-51(34-16-5-3-6-17-34)55-52(57-53)35-18-7-4-8-19-35/h3-33H,1-2H3. The molecule has 0 fully saturated rings. The highest BCUT2D eigenvalue weighted by Gasteiger charge is 2.36. The molecule has 1 aliphatic rings. The first-order chi connectivity index (χ1) is 28.5. The average molecular weight is 744 g/mol. The van der Waals surface area contributed by atoms with Gasteiger partial charge in [-0.1, -0.05) is 172 Å². The van der Waals surface area contributed by atoms with E-state index in [0.717, 1.165) is 66.4 Å². The molecule has 0 amide bonds. The van der Waals surface area contributed by atoms with Crippen molar-refractivity contribution in [2.24, 2.45) is 0 Å². The molecule has 0 atom stereocenters. The van der Waals surface area contributed by atoms with Gasteiger partial charge in [-0.05, 0) is 80.4 Å². The van der Waals surface area contributed by atoms with Gasteiger partial charge in [-0.25, -0.2) is 15.0 Å². The van der Waals surface area contributed by atoms with Gasteiger partial charge < -0.3 is 4.42 Å². The smallest absolute Gasteiger partial charge is 0.164 e. The van der Waals surface area contributed by atoms with Gasteiger partial charge in [0.2, 0.25) is 0 Å². The number of hydrogen-bond acceptors (Lipinski definition) is 4. The fourth-order valence-electron chi connectivity index (χ4n) is 8.81. The molecule has 0 saturated heterocycles. The fraction of sp³-hybridized carbons (Fsp3) is 0.0556. The van der Waals surface area contributed by atoms with Gasteiger partial charge in [0.05, 0.1) is 0 Å². The van der Waals surface area contributed by atoms with Gasteiger partial charge in [0.25, 0.3) is 0 Å². The van der Waals surface area contributed by atoms with Crippen LogP contribution in [0, 0.1) is 0 Å². The number of aromatic nitrogens is 3. The Balaban J connectivity index is 1.07. The number of rotatable bonds is 6. The highest BCUT2D eigenvalue weighted by molar-refractivity contribution is 6.11. The minimum absolute atomic E-state index is 0.154. The molecule has 0 spiro atoms. The third kappa shape index (κ3) is 5.56. The highest BCUT2D eigenvalue weighted by atomic mass is 16.3. The summed E-state index contributed by atoms with van der Waals surface area (Å²) in [6, 6.07) is 66.2. The first kappa shape index (κ1) is 33.9. The van der Waals surface area contributed by atoms with Crippen molar-refractivity contribution in [3.63, 3.8) is 0 Å². The fourth-order valence-corrected chi connectivity index (χ4v) is 8.81. The second kappa shape index (κ2) is 13.4. The van der Waals surface area contributed by atoms with Crippen molar-refractivity contribution in [2.75, 3.05) is 0 Å². The molecule has 0 saturated carbocycles. The van der Waals surface area contributed by atoms with Crippen molar-refractivity contribution in [1.29, 1.82) is 0 Å². The topological polar surface area (TPSA) is 51.8 Å². The van der Waals surface area contributed by atoms with Crippen LogP contribution in [0.15, 0.2) is 192 Å². The van der Waals surface area contributed by atoms with Crippen LogP contribution in [-0.4, -0.2) is 15.0 Å². The van der Waals surface area contributed by atoms with Crippen LogP contribution < -0.4 is 0 Å². The molecule has 8 aromatic carbocycles. The van der Waals surface area contributed by atoms with E-state index in [1.165, 1.54) is 27.8 Å². The third-order valence-electron chi connectivity index (χ3n) is 11.7. The molecule has 274 valence electrons. The van der Waals surface area contributed by atoms with Gasteiger partial charge >= 0.3 is 0 Å². The number of benzene rings is 8. The lowest BCUT2D eigenvalue weighted by Crippen LogP contribution is -2.15. The molecule has 0 unspecified atom stereocenters. The molecule has 4 heteroatoms. The van der Waals surface area contributed by atoms with Crippen LogP contribution >= 0.6 is 0 Å². The molecule has 2 aromatic heterocycles. The summed E-state index contributed by atoms with van der Waals surface area (Å²) < 4.78 is 6.66. The van der Waals surface area contributed by atoms with E-state index in [1.54, 1.807) is 0 Å². The Bertz CT molecular complexity index is 3140. The molecular weight excluding hydrogens is 707 g/mol. The summed E-state index contributed by atoms with van der Waals surface area (Å²) in [6.45, 7) is 4.69. The predicted octanol–water partition coefficient (Wildman–Crippen LogP) is 14.1. The summed E-state index contributed by atoms with van der Waals surface area (Å²) in [6.07, 6.45) is 0. The van der Waals surface area contributed by atoms with Crippen LogP contribution in [0.2, 0.25) is 0 Å². The van der Waals surface area contributed by atoms with Crippen LogP contribution in [0.1, 0.15) is 25.0 Å². The van der Waals surface area contributed by atoms with E-state index in [4.69, 9.17) is 19.4 Å². The average Bonchev–Trinajstić information content (AvgIpc) is 3.78. The summed E-state index contributed by atoms with van der Waals surface area (Å²) in [7, 11) is 0. The van der Waals surface area contributed by atoms with Gasteiger partial charge in [0, 0.05) is 38.4 Å². The van der Waals surface area contributed by atoms with E-state index in [1.807, 2.05) is 66.7 Å². The Hall–Kier alpha value is -7.43. The van der Waals surface area contributed by atoms with Crippen LogP contribution in [-0.2, 0) is 5.41 Å². The lowest BCUT2D eigenvalue weighted by Gasteiger charge is -2.23. The van der Waals surface area contributed by atoms with E-state index in [9.17, 15) is 0 Å². The van der Waals surface area contributed by atoms with Gasteiger partial charge in [-0.3, -0.25) is 0 Å². The second-order valence-corrected chi connectivity index (χ2v) is 15.6. The normalized spacial score (nSPS) is 12.8. The molecular formula is C54H37N3O. The first-order valence-electron chi connectivity index (χ1n) is 19.8. The zero-order valence-electron chi connectivity index (χ0n) is 32.1. The Kier molecular flexibility index (Phi) is 7.80. The Morgan fingerprint density at radius 1 is 0.345 bits per heavy atom. The SMILES string of the molecule is CC1(C)c2ccccc2-c2cc(-c3cccc4c3oc3ccccc34)c(-c3cccc(-c4cccc(-c5nc(-c6ccccc6)nc(-c6ccccc6)n5)c4)c3)cc21. The Morgan fingerprint density at radius 2 is 0.862 bits per heavy atom. The van der Waals surface area contributed by atoms with Crippen LogP contribution in [0.25, 0.3) is 101 Å². The monoisotopic (exact) mass is 743 g/mol. The predicted molar refractivity (Wildman–Crippen MR) is 237 cm³/mol. The molecule has 0 aliphatic heterocycles. The van der Waals surface area contributed by atoms with Crippen molar-refractivity contribution in [1.82, 2.24) is 15.0 Å². The van der Waals surface area contributed by atoms with E-state index < -0.39 is 0 Å². The Labute approximate surface area is 337 Å². The van der Waals surface area contributed by atoms with Crippen molar-refractivity contribution < 1.29 is 4.42 Å². The van der Waals surface area contributed by atoms with Gasteiger partial charge in [0.1, 0.15) is 11.2 Å². The number of hydrogen-bond donors (Lipinski definition) is 0. The third-order valence-corrected chi connectivity index (χ3v) is 11.7. The molecule has 0 radical (unpaired) electrons. The van der Waals surface area contributed by atoms with Gasteiger partial charge in [-0.2, -0.15) is 0 Å². The quantitative estimate of drug-likeness (QED) is 0.170. The number of furan rings is 1. The number of para-hydroxylation sites is 2. The van der Waals surface area contributed by atoms with Crippen LogP contribution in [0.4, 0.5) is 0 Å². The molecule has 4 nitrogen and oxygen atoms in total. The zero-order chi connectivity index (χ0) is 38.8. The maximum atomic E-state index is 6.66. The Morgan fingerprint density at radius 3 is 1.59 bits per heavy atom. The summed E-state index contributed by atoms with van der Waals surface area (Å²) in [5.74, 6) is 1.92. The highest BCUT2D eigenvalue weighted by Crippen LogP contribution is 2.52. The maximum absolute atomic E-state index is 6.66. The van der Waals surface area contributed by atoms with Crippen molar-refractivity contribution in [2.45, 2.75) is 19.3 Å². The van der Waals surface area contributed by atoms with Gasteiger partial charge in [-0.15, -0.1) is 0 Å². The minimum atomic E-state index is -0.154. The summed E-state index contributed by atoms with van der Waals surface area (Å²) in [5.41, 5.74) is 16.4. The largest absolute Gasteiger partial charge is 0.455 e. The maximum Gasteiger partial charge on any atom is 0.164 e. The van der Waals surface area contributed by atoms with E-state index in [-0.39, 0.29) is 5.41 Å².